The van der Waals surface area contributed by atoms with Crippen LogP contribution in [0.15, 0.2) is 60.2 Å². The van der Waals surface area contributed by atoms with Gasteiger partial charge in [0.15, 0.2) is 5.11 Å². The second-order valence-electron chi connectivity index (χ2n) is 7.40. The van der Waals surface area contributed by atoms with Crippen molar-refractivity contribution in [3.05, 3.63) is 88.5 Å². The topological polar surface area (TPSA) is 94.5 Å². The van der Waals surface area contributed by atoms with Crippen molar-refractivity contribution in [1.82, 2.24) is 9.88 Å². The van der Waals surface area contributed by atoms with Gasteiger partial charge in [-0.1, -0.05) is 18.2 Å². The number of nitrogens with zero attached hydrogens (tertiary/aromatic N) is 2. The number of anilines is 1. The molecule has 1 fully saturated rings. The zero-order chi connectivity index (χ0) is 23.9. The molecule has 1 N–H and O–H groups in total. The third kappa shape index (κ3) is 3.94. The summed E-state index contributed by atoms with van der Waals surface area (Å²) in [6.07, 6.45) is 1.43. The minimum atomic E-state index is -1.32. The van der Waals surface area contributed by atoms with Crippen molar-refractivity contribution in [2.24, 2.45) is 0 Å². The van der Waals surface area contributed by atoms with E-state index in [-0.39, 0.29) is 16.2 Å². The summed E-state index contributed by atoms with van der Waals surface area (Å²) < 4.78 is 15.0. The predicted molar refractivity (Wildman–Crippen MR) is 122 cm³/mol. The number of para-hydroxylation sites is 1. The summed E-state index contributed by atoms with van der Waals surface area (Å²) in [7, 11) is 0. The van der Waals surface area contributed by atoms with Crippen LogP contribution in [-0.2, 0) is 9.59 Å². The molecule has 33 heavy (non-hydrogen) atoms. The lowest BCUT2D eigenvalue weighted by Gasteiger charge is -2.28. The van der Waals surface area contributed by atoms with Crippen LogP contribution >= 0.6 is 12.2 Å². The number of aromatic carboxylic acids is 1. The molecular weight excluding hydrogens is 445 g/mol. The first kappa shape index (κ1) is 22.1. The Morgan fingerprint density at radius 2 is 1.76 bits per heavy atom. The second kappa shape index (κ2) is 8.44. The van der Waals surface area contributed by atoms with Crippen molar-refractivity contribution in [3.63, 3.8) is 0 Å². The van der Waals surface area contributed by atoms with Gasteiger partial charge in [-0.05, 0) is 74.1 Å². The summed E-state index contributed by atoms with van der Waals surface area (Å²) >= 11 is 5.15. The van der Waals surface area contributed by atoms with Gasteiger partial charge in [0, 0.05) is 17.0 Å². The number of carbonyl (C=O) groups is 3. The number of aryl methyl sites for hydroxylation is 1. The first-order chi connectivity index (χ1) is 15.7. The van der Waals surface area contributed by atoms with Crippen LogP contribution in [0.3, 0.4) is 0 Å². The Hall–Kier alpha value is -4.11. The minimum absolute atomic E-state index is 0.0119. The quantitative estimate of drug-likeness (QED) is 0.365. The van der Waals surface area contributed by atoms with E-state index in [9.17, 15) is 23.9 Å². The van der Waals surface area contributed by atoms with Crippen LogP contribution in [0.25, 0.3) is 11.8 Å². The third-order valence-electron chi connectivity index (χ3n) is 5.32. The standard InChI is InChI=1S/C24H18FN3O4S/c1-13-11-15(14(2)27(13)20-6-4-3-5-18(20)23(31)32)12-19-21(29)26-24(33)28(22(19)30)17-9-7-16(25)8-10-17/h3-12H,1-2H3,(H,31,32)(H,26,29,33)/p-1/b19-12-. The molecular formula is C24H17FN3O4S-. The smallest absolute Gasteiger partial charge is 0.270 e. The lowest BCUT2D eigenvalue weighted by Crippen LogP contribution is -2.54. The molecule has 2 aromatic carbocycles. The van der Waals surface area contributed by atoms with Crippen LogP contribution in [0.5, 0.6) is 0 Å². The SMILES string of the molecule is Cc1cc(/C=C2/C(=O)NC(=S)N(c3ccc(F)cc3)C2=O)c(C)n1-c1ccccc1C(=O)[O-]. The second-order valence-corrected chi connectivity index (χ2v) is 7.79. The van der Waals surface area contributed by atoms with Crippen LogP contribution < -0.4 is 15.3 Å². The molecule has 0 unspecified atom stereocenters. The number of carbonyl (C=O) groups excluding carboxylic acids is 3. The monoisotopic (exact) mass is 462 g/mol. The molecule has 7 nitrogen and oxygen atoms in total. The average Bonchev–Trinajstić information content (AvgIpc) is 3.05. The molecule has 4 rings (SSSR count). The zero-order valence-electron chi connectivity index (χ0n) is 17.6. The number of amides is 2. The fourth-order valence-electron chi connectivity index (χ4n) is 3.78. The van der Waals surface area contributed by atoms with Gasteiger partial charge in [-0.2, -0.15) is 0 Å². The maximum Gasteiger partial charge on any atom is 0.270 e. The molecule has 2 heterocycles. The van der Waals surface area contributed by atoms with Gasteiger partial charge in [-0.25, -0.2) is 4.39 Å². The van der Waals surface area contributed by atoms with Crippen LogP contribution in [0, 0.1) is 19.7 Å². The van der Waals surface area contributed by atoms with Crippen molar-refractivity contribution < 1.29 is 23.9 Å². The number of halogens is 1. The van der Waals surface area contributed by atoms with Gasteiger partial charge in [-0.3, -0.25) is 19.8 Å². The van der Waals surface area contributed by atoms with Crippen LogP contribution in [-0.4, -0.2) is 27.5 Å². The van der Waals surface area contributed by atoms with E-state index in [2.05, 4.69) is 5.32 Å². The Bertz CT molecular complexity index is 1360. The summed E-state index contributed by atoms with van der Waals surface area (Å²) in [5.41, 5.74) is 2.43. The highest BCUT2D eigenvalue weighted by molar-refractivity contribution is 7.80. The van der Waals surface area contributed by atoms with Crippen LogP contribution in [0.1, 0.15) is 27.3 Å². The Balaban J connectivity index is 1.79. The number of thiocarbonyl (C=S) groups is 1. The largest absolute Gasteiger partial charge is 0.545 e. The highest BCUT2D eigenvalue weighted by Gasteiger charge is 2.34. The molecule has 3 aromatic rings. The molecule has 0 atom stereocenters. The molecule has 1 aliphatic heterocycles. The van der Waals surface area contributed by atoms with Crippen molar-refractivity contribution in [1.29, 1.82) is 0 Å². The number of benzene rings is 2. The lowest BCUT2D eigenvalue weighted by atomic mass is 10.1. The fourth-order valence-corrected chi connectivity index (χ4v) is 4.06. The van der Waals surface area contributed by atoms with Gasteiger partial charge in [-0.15, -0.1) is 0 Å². The molecule has 1 saturated heterocycles. The average molecular weight is 462 g/mol. The molecule has 9 heteroatoms. The van der Waals surface area contributed by atoms with Crippen LogP contribution in [0.2, 0.25) is 0 Å². The van der Waals surface area contributed by atoms with Crippen molar-refractivity contribution in [2.45, 2.75) is 13.8 Å². The van der Waals surface area contributed by atoms with Gasteiger partial charge >= 0.3 is 0 Å². The minimum Gasteiger partial charge on any atom is -0.545 e. The normalized spacial score (nSPS) is 15.2. The number of aromatic nitrogens is 1. The molecule has 1 aromatic heterocycles. The number of rotatable bonds is 4. The van der Waals surface area contributed by atoms with E-state index in [0.29, 0.717) is 28.3 Å². The summed E-state index contributed by atoms with van der Waals surface area (Å²) in [6.45, 7) is 3.53. The van der Waals surface area contributed by atoms with Gasteiger partial charge in [0.1, 0.15) is 11.4 Å². The fraction of sp³-hybridized carbons (Fsp3) is 0.0833. The number of hydrogen-bond acceptors (Lipinski definition) is 5. The predicted octanol–water partition coefficient (Wildman–Crippen LogP) is 2.43. The van der Waals surface area contributed by atoms with Crippen molar-refractivity contribution in [2.75, 3.05) is 4.90 Å². The third-order valence-corrected chi connectivity index (χ3v) is 5.61. The Morgan fingerprint density at radius 1 is 1.09 bits per heavy atom. The highest BCUT2D eigenvalue weighted by Crippen LogP contribution is 2.27. The molecule has 0 bridgehead atoms. The van der Waals surface area contributed by atoms with Gasteiger partial charge in [0.2, 0.25) is 0 Å². The molecule has 1 aliphatic rings. The molecule has 2 amide bonds. The van der Waals surface area contributed by atoms with E-state index in [1.165, 1.54) is 36.4 Å². The van der Waals surface area contributed by atoms with E-state index in [4.69, 9.17) is 12.2 Å². The number of hydrogen-bond donors (Lipinski definition) is 1. The molecule has 0 saturated carbocycles. The van der Waals surface area contributed by atoms with E-state index in [1.54, 1.807) is 42.7 Å². The summed E-state index contributed by atoms with van der Waals surface area (Å²) in [5.74, 6) is -3.11. The summed E-state index contributed by atoms with van der Waals surface area (Å²) in [5, 5.41) is 13.9. The Kier molecular flexibility index (Phi) is 5.65. The summed E-state index contributed by atoms with van der Waals surface area (Å²) in [4.78, 5) is 38.5. The van der Waals surface area contributed by atoms with E-state index < -0.39 is 23.6 Å². The van der Waals surface area contributed by atoms with Gasteiger partial charge in [0.05, 0.1) is 17.3 Å². The molecule has 0 aliphatic carbocycles. The molecule has 0 spiro atoms. The van der Waals surface area contributed by atoms with E-state index in [0.717, 1.165) is 4.90 Å². The first-order valence-electron chi connectivity index (χ1n) is 9.85. The maximum atomic E-state index is 13.3. The van der Waals surface area contributed by atoms with E-state index >= 15 is 0 Å². The number of carboxylic acid groups (broad SMARTS) is 1. The van der Waals surface area contributed by atoms with Crippen LogP contribution in [0.4, 0.5) is 10.1 Å². The first-order valence-corrected chi connectivity index (χ1v) is 10.3. The lowest BCUT2D eigenvalue weighted by molar-refractivity contribution is -0.255. The number of carboxylic acids is 1. The Morgan fingerprint density at radius 3 is 2.42 bits per heavy atom. The zero-order valence-corrected chi connectivity index (χ0v) is 18.4. The van der Waals surface area contributed by atoms with Crippen molar-refractivity contribution >= 4 is 46.9 Å². The number of nitrogens with one attached hydrogen (secondary N) is 1. The highest BCUT2D eigenvalue weighted by atomic mass is 32.1. The maximum absolute atomic E-state index is 13.3. The Labute approximate surface area is 193 Å². The molecule has 166 valence electrons. The van der Waals surface area contributed by atoms with Crippen molar-refractivity contribution in [3.8, 4) is 5.69 Å². The van der Waals surface area contributed by atoms with Gasteiger partial charge in [0.25, 0.3) is 11.8 Å². The summed E-state index contributed by atoms with van der Waals surface area (Å²) in [6, 6.07) is 13.3. The van der Waals surface area contributed by atoms with E-state index in [1.807, 2.05) is 0 Å². The van der Waals surface area contributed by atoms with Gasteiger partial charge < -0.3 is 14.5 Å². The molecule has 0 radical (unpaired) electrons.